The predicted octanol–water partition coefficient (Wildman–Crippen LogP) is 2.55. The van der Waals surface area contributed by atoms with E-state index in [1.165, 1.54) is 12.1 Å². The molecule has 6 heteroatoms. The second-order valence-electron chi connectivity index (χ2n) is 2.88. The van der Waals surface area contributed by atoms with Gasteiger partial charge in [-0.1, -0.05) is 12.1 Å². The molecule has 0 aliphatic carbocycles. The minimum atomic E-state index is -4.75. The van der Waals surface area contributed by atoms with Gasteiger partial charge in [0, 0.05) is 0 Å². The van der Waals surface area contributed by atoms with E-state index in [0.717, 1.165) is 12.1 Å². The van der Waals surface area contributed by atoms with E-state index in [1.807, 2.05) is 0 Å². The molecule has 0 aromatic heterocycles. The van der Waals surface area contributed by atoms with Crippen molar-refractivity contribution in [2.75, 3.05) is 6.67 Å². The summed E-state index contributed by atoms with van der Waals surface area (Å²) in [6.07, 6.45) is -4.75. The number of rotatable bonds is 3. The van der Waals surface area contributed by atoms with Gasteiger partial charge in [0.1, 0.15) is 12.4 Å². The highest BCUT2D eigenvalue weighted by Gasteiger charge is 2.31. The highest BCUT2D eigenvalue weighted by Crippen LogP contribution is 2.24. The molecule has 0 saturated heterocycles. The molecule has 0 aliphatic heterocycles. The van der Waals surface area contributed by atoms with E-state index in [2.05, 4.69) is 4.74 Å². The Morgan fingerprint density at radius 2 is 2.00 bits per heavy atom. The van der Waals surface area contributed by atoms with Gasteiger partial charge in [-0.05, 0) is 17.7 Å². The molecule has 1 aromatic carbocycles. The lowest BCUT2D eigenvalue weighted by molar-refractivity contribution is -0.274. The highest BCUT2D eigenvalue weighted by atomic mass is 19.4. The van der Waals surface area contributed by atoms with Gasteiger partial charge in [-0.15, -0.1) is 13.2 Å². The molecule has 0 aliphatic rings. The van der Waals surface area contributed by atoms with Crippen LogP contribution in [0.15, 0.2) is 24.3 Å². The number of hydrogen-bond acceptors (Lipinski definition) is 2. The van der Waals surface area contributed by atoms with E-state index in [-0.39, 0.29) is 5.56 Å². The third-order valence-electron chi connectivity index (χ3n) is 1.69. The van der Waals surface area contributed by atoms with Crippen molar-refractivity contribution in [2.24, 2.45) is 5.73 Å². The zero-order valence-corrected chi connectivity index (χ0v) is 7.59. The molecule has 1 unspecified atom stereocenters. The van der Waals surface area contributed by atoms with Crippen LogP contribution in [0, 0.1) is 0 Å². The van der Waals surface area contributed by atoms with Gasteiger partial charge < -0.3 is 10.5 Å². The van der Waals surface area contributed by atoms with Crippen LogP contribution in [0.3, 0.4) is 0 Å². The number of hydrogen-bond donors (Lipinski definition) is 1. The molecule has 1 aromatic rings. The molecule has 84 valence electrons. The van der Waals surface area contributed by atoms with Gasteiger partial charge in [0.25, 0.3) is 0 Å². The van der Waals surface area contributed by atoms with Gasteiger partial charge in [0.15, 0.2) is 0 Å². The number of ether oxygens (including phenoxy) is 1. The first-order valence-corrected chi connectivity index (χ1v) is 4.09. The summed E-state index contributed by atoms with van der Waals surface area (Å²) in [4.78, 5) is 0. The van der Waals surface area contributed by atoms with Crippen molar-refractivity contribution in [3.63, 3.8) is 0 Å². The number of benzene rings is 1. The molecule has 0 bridgehead atoms. The van der Waals surface area contributed by atoms with Gasteiger partial charge in [0.2, 0.25) is 0 Å². The Bertz CT molecular complexity index is 326. The second kappa shape index (κ2) is 4.48. The van der Waals surface area contributed by atoms with Gasteiger partial charge in [0.05, 0.1) is 6.04 Å². The van der Waals surface area contributed by atoms with Gasteiger partial charge in [-0.3, -0.25) is 0 Å². The van der Waals surface area contributed by atoms with Crippen LogP contribution in [-0.2, 0) is 0 Å². The summed E-state index contributed by atoms with van der Waals surface area (Å²) >= 11 is 0. The van der Waals surface area contributed by atoms with Crippen molar-refractivity contribution < 1.29 is 22.3 Å². The van der Waals surface area contributed by atoms with Crippen molar-refractivity contribution in [1.29, 1.82) is 0 Å². The third kappa shape index (κ3) is 3.75. The second-order valence-corrected chi connectivity index (χ2v) is 2.88. The molecule has 0 spiro atoms. The molecule has 0 heterocycles. The standard InChI is InChI=1S/C9H9F4NO/c10-5-8(14)6-2-1-3-7(4-6)15-9(11,12)13/h1-4,8H,5,14H2. The first kappa shape index (κ1) is 11.8. The van der Waals surface area contributed by atoms with Crippen molar-refractivity contribution >= 4 is 0 Å². The van der Waals surface area contributed by atoms with Crippen LogP contribution >= 0.6 is 0 Å². The van der Waals surface area contributed by atoms with Crippen molar-refractivity contribution in [1.82, 2.24) is 0 Å². The minimum absolute atomic E-state index is 0.263. The first-order chi connectivity index (χ1) is 6.92. The fourth-order valence-corrected chi connectivity index (χ4v) is 1.03. The molecule has 15 heavy (non-hydrogen) atoms. The number of halogens is 4. The summed E-state index contributed by atoms with van der Waals surface area (Å²) in [6, 6.07) is 4.03. The van der Waals surface area contributed by atoms with E-state index in [0.29, 0.717) is 0 Å². The Balaban J connectivity index is 2.83. The molecule has 2 N–H and O–H groups in total. The van der Waals surface area contributed by atoms with E-state index >= 15 is 0 Å². The normalized spacial score (nSPS) is 13.7. The first-order valence-electron chi connectivity index (χ1n) is 4.09. The molecular formula is C9H9F4NO. The Morgan fingerprint density at radius 3 is 2.53 bits per heavy atom. The van der Waals surface area contributed by atoms with E-state index in [9.17, 15) is 17.6 Å². The van der Waals surface area contributed by atoms with Crippen LogP contribution in [-0.4, -0.2) is 13.0 Å². The smallest absolute Gasteiger partial charge is 0.406 e. The van der Waals surface area contributed by atoms with E-state index < -0.39 is 24.8 Å². The van der Waals surface area contributed by atoms with Crippen LogP contribution in [0.4, 0.5) is 17.6 Å². The molecule has 2 nitrogen and oxygen atoms in total. The molecule has 1 rings (SSSR count). The summed E-state index contributed by atoms with van der Waals surface area (Å²) in [5.41, 5.74) is 5.58. The maximum absolute atomic E-state index is 12.2. The average molecular weight is 223 g/mol. The van der Waals surface area contributed by atoms with Crippen LogP contribution in [0.5, 0.6) is 5.75 Å². The van der Waals surface area contributed by atoms with Crippen LogP contribution in [0.25, 0.3) is 0 Å². The van der Waals surface area contributed by atoms with Gasteiger partial charge in [-0.2, -0.15) is 0 Å². The number of nitrogens with two attached hydrogens (primary N) is 1. The van der Waals surface area contributed by atoms with Crippen LogP contribution < -0.4 is 10.5 Å². The molecule has 0 radical (unpaired) electrons. The fraction of sp³-hybridized carbons (Fsp3) is 0.333. The summed E-state index contributed by atoms with van der Waals surface area (Å²) in [5.74, 6) is -0.399. The largest absolute Gasteiger partial charge is 0.573 e. The molecule has 0 amide bonds. The predicted molar refractivity (Wildman–Crippen MR) is 46.0 cm³/mol. The quantitative estimate of drug-likeness (QED) is 0.799. The Hall–Kier alpha value is -1.30. The van der Waals surface area contributed by atoms with Crippen molar-refractivity contribution in [3.05, 3.63) is 29.8 Å². The summed E-state index contributed by atoms with van der Waals surface area (Å²) < 4.78 is 51.3. The summed E-state index contributed by atoms with van der Waals surface area (Å²) in [6.45, 7) is -0.838. The van der Waals surface area contributed by atoms with Gasteiger partial charge >= 0.3 is 6.36 Å². The lowest BCUT2D eigenvalue weighted by atomic mass is 10.1. The number of alkyl halides is 4. The van der Waals surface area contributed by atoms with Crippen molar-refractivity contribution in [2.45, 2.75) is 12.4 Å². The summed E-state index contributed by atoms with van der Waals surface area (Å²) in [5, 5.41) is 0. The molecule has 0 fully saturated rings. The monoisotopic (exact) mass is 223 g/mol. The van der Waals surface area contributed by atoms with Crippen molar-refractivity contribution in [3.8, 4) is 5.75 Å². The lowest BCUT2D eigenvalue weighted by Crippen LogP contribution is -2.18. The zero-order chi connectivity index (χ0) is 11.5. The Kier molecular flexibility index (Phi) is 3.52. The van der Waals surface area contributed by atoms with E-state index in [1.54, 1.807) is 0 Å². The SMILES string of the molecule is NC(CF)c1cccc(OC(F)(F)F)c1. The zero-order valence-electron chi connectivity index (χ0n) is 7.59. The van der Waals surface area contributed by atoms with Crippen LogP contribution in [0.2, 0.25) is 0 Å². The topological polar surface area (TPSA) is 35.2 Å². The molecule has 0 saturated carbocycles. The summed E-state index contributed by atoms with van der Waals surface area (Å²) in [7, 11) is 0. The minimum Gasteiger partial charge on any atom is -0.406 e. The maximum atomic E-state index is 12.2. The molecule has 1 atom stereocenters. The highest BCUT2D eigenvalue weighted by molar-refractivity contribution is 5.30. The third-order valence-corrected chi connectivity index (χ3v) is 1.69. The molecular weight excluding hydrogens is 214 g/mol. The van der Waals surface area contributed by atoms with Gasteiger partial charge in [-0.25, -0.2) is 4.39 Å². The Labute approximate surface area is 83.6 Å². The maximum Gasteiger partial charge on any atom is 0.573 e. The average Bonchev–Trinajstić information content (AvgIpc) is 2.14. The van der Waals surface area contributed by atoms with Crippen LogP contribution in [0.1, 0.15) is 11.6 Å². The Morgan fingerprint density at radius 1 is 1.33 bits per heavy atom. The lowest BCUT2D eigenvalue weighted by Gasteiger charge is -2.12. The fourth-order valence-electron chi connectivity index (χ4n) is 1.03. The van der Waals surface area contributed by atoms with E-state index in [4.69, 9.17) is 5.73 Å².